The molecule has 90 valence electrons. The fourth-order valence-electron chi connectivity index (χ4n) is 1.51. The second kappa shape index (κ2) is 5.19. The maximum atomic E-state index is 9.21. The fraction of sp³-hybridized carbons (Fsp3) is 0.214. The Morgan fingerprint density at radius 1 is 1.06 bits per heavy atom. The van der Waals surface area contributed by atoms with Crippen molar-refractivity contribution in [2.45, 2.75) is 30.7 Å². The first-order valence-electron chi connectivity index (χ1n) is 5.60. The Morgan fingerprint density at radius 3 is 2.33 bits per heavy atom. The average Bonchev–Trinajstić information content (AvgIpc) is 2.37. The smallest absolute Gasteiger partial charge is 0.142 e. The molecule has 0 fully saturated rings. The minimum absolute atomic E-state index is 0.619. The molecule has 2 rings (SSSR count). The molecule has 2 aromatic rings. The SMILES string of the molecule is Cc1ccc(Sc2nnc(C)c(C)c2C#N)cc1. The van der Waals surface area contributed by atoms with Crippen LogP contribution in [0.15, 0.2) is 34.2 Å². The topological polar surface area (TPSA) is 49.6 Å². The number of hydrogen-bond donors (Lipinski definition) is 0. The molecule has 0 spiro atoms. The largest absolute Gasteiger partial charge is 0.192 e. The van der Waals surface area contributed by atoms with Gasteiger partial charge in [-0.2, -0.15) is 10.4 Å². The van der Waals surface area contributed by atoms with Gasteiger partial charge in [0, 0.05) is 4.90 Å². The van der Waals surface area contributed by atoms with Crippen molar-refractivity contribution in [1.82, 2.24) is 10.2 Å². The summed E-state index contributed by atoms with van der Waals surface area (Å²) < 4.78 is 0. The number of nitrogens with zero attached hydrogens (tertiary/aromatic N) is 3. The van der Waals surface area contributed by atoms with E-state index in [1.54, 1.807) is 0 Å². The van der Waals surface area contributed by atoms with E-state index in [1.807, 2.05) is 45.0 Å². The summed E-state index contributed by atoms with van der Waals surface area (Å²) in [5.41, 5.74) is 3.54. The maximum absolute atomic E-state index is 9.21. The van der Waals surface area contributed by atoms with Crippen LogP contribution in [0.3, 0.4) is 0 Å². The molecular formula is C14H13N3S. The molecule has 1 aromatic carbocycles. The number of benzene rings is 1. The highest BCUT2D eigenvalue weighted by molar-refractivity contribution is 7.99. The van der Waals surface area contributed by atoms with E-state index in [-0.39, 0.29) is 0 Å². The molecule has 0 amide bonds. The van der Waals surface area contributed by atoms with Crippen LogP contribution in [0.4, 0.5) is 0 Å². The van der Waals surface area contributed by atoms with Crippen LogP contribution in [0, 0.1) is 32.1 Å². The van der Waals surface area contributed by atoms with Crippen molar-refractivity contribution in [1.29, 1.82) is 5.26 Å². The summed E-state index contributed by atoms with van der Waals surface area (Å²) in [5.74, 6) is 0. The molecule has 18 heavy (non-hydrogen) atoms. The van der Waals surface area contributed by atoms with Crippen molar-refractivity contribution < 1.29 is 0 Å². The molecule has 0 bridgehead atoms. The molecular weight excluding hydrogens is 242 g/mol. The van der Waals surface area contributed by atoms with E-state index in [2.05, 4.69) is 16.3 Å². The lowest BCUT2D eigenvalue weighted by molar-refractivity contribution is 0.871. The molecule has 0 aliphatic heterocycles. The van der Waals surface area contributed by atoms with Crippen LogP contribution in [-0.2, 0) is 0 Å². The number of nitriles is 1. The van der Waals surface area contributed by atoms with E-state index in [0.29, 0.717) is 10.6 Å². The Bertz CT molecular complexity index is 612. The van der Waals surface area contributed by atoms with E-state index in [4.69, 9.17) is 0 Å². The number of aromatic nitrogens is 2. The maximum Gasteiger partial charge on any atom is 0.142 e. The highest BCUT2D eigenvalue weighted by atomic mass is 32.2. The molecule has 0 aliphatic rings. The lowest BCUT2D eigenvalue weighted by Gasteiger charge is -2.06. The quantitative estimate of drug-likeness (QED) is 0.825. The molecule has 0 saturated heterocycles. The van der Waals surface area contributed by atoms with E-state index in [0.717, 1.165) is 16.2 Å². The van der Waals surface area contributed by atoms with Crippen LogP contribution in [-0.4, -0.2) is 10.2 Å². The fourth-order valence-corrected chi connectivity index (χ4v) is 2.39. The van der Waals surface area contributed by atoms with E-state index in [9.17, 15) is 5.26 Å². The second-order valence-electron chi connectivity index (χ2n) is 4.12. The van der Waals surface area contributed by atoms with Crippen LogP contribution >= 0.6 is 11.8 Å². The van der Waals surface area contributed by atoms with Crippen LogP contribution in [0.5, 0.6) is 0 Å². The lowest BCUT2D eigenvalue weighted by atomic mass is 10.1. The van der Waals surface area contributed by atoms with Crippen LogP contribution < -0.4 is 0 Å². The Labute approximate surface area is 111 Å². The molecule has 0 unspecified atom stereocenters. The summed E-state index contributed by atoms with van der Waals surface area (Å²) in [4.78, 5) is 1.06. The van der Waals surface area contributed by atoms with Gasteiger partial charge in [-0.05, 0) is 38.5 Å². The number of rotatable bonds is 2. The van der Waals surface area contributed by atoms with Crippen molar-refractivity contribution in [3.8, 4) is 6.07 Å². The Balaban J connectivity index is 2.38. The Morgan fingerprint density at radius 2 is 1.72 bits per heavy atom. The third-order valence-electron chi connectivity index (χ3n) is 2.77. The predicted molar refractivity (Wildman–Crippen MR) is 71.5 cm³/mol. The van der Waals surface area contributed by atoms with Gasteiger partial charge in [0.05, 0.1) is 11.3 Å². The van der Waals surface area contributed by atoms with Gasteiger partial charge in [0.2, 0.25) is 0 Å². The average molecular weight is 255 g/mol. The molecule has 0 N–H and O–H groups in total. The summed E-state index contributed by atoms with van der Waals surface area (Å²) in [6.07, 6.45) is 0. The second-order valence-corrected chi connectivity index (χ2v) is 5.18. The first-order chi connectivity index (χ1) is 8.61. The molecule has 0 atom stereocenters. The van der Waals surface area contributed by atoms with Crippen molar-refractivity contribution in [3.63, 3.8) is 0 Å². The first-order valence-corrected chi connectivity index (χ1v) is 6.42. The molecule has 0 radical (unpaired) electrons. The van der Waals surface area contributed by atoms with Gasteiger partial charge < -0.3 is 0 Å². The van der Waals surface area contributed by atoms with E-state index in [1.165, 1.54) is 17.3 Å². The third kappa shape index (κ3) is 2.52. The minimum Gasteiger partial charge on any atom is -0.192 e. The summed E-state index contributed by atoms with van der Waals surface area (Å²) >= 11 is 1.47. The lowest BCUT2D eigenvalue weighted by Crippen LogP contribution is -1.98. The van der Waals surface area contributed by atoms with E-state index < -0.39 is 0 Å². The minimum atomic E-state index is 0.619. The molecule has 0 saturated carbocycles. The van der Waals surface area contributed by atoms with Gasteiger partial charge in [0.1, 0.15) is 11.1 Å². The summed E-state index contributed by atoms with van der Waals surface area (Å²) in [6.45, 7) is 5.82. The van der Waals surface area contributed by atoms with E-state index >= 15 is 0 Å². The zero-order chi connectivity index (χ0) is 13.1. The molecule has 3 nitrogen and oxygen atoms in total. The third-order valence-corrected chi connectivity index (χ3v) is 3.76. The standard InChI is InChI=1S/C14H13N3S/c1-9-4-6-12(7-5-9)18-14-13(8-15)10(2)11(3)16-17-14/h4-7H,1-3H3. The summed E-state index contributed by atoms with van der Waals surface area (Å²) in [6, 6.07) is 10.4. The van der Waals surface area contributed by atoms with Gasteiger partial charge in [-0.25, -0.2) is 0 Å². The van der Waals surface area contributed by atoms with Crippen molar-refractivity contribution in [2.75, 3.05) is 0 Å². The van der Waals surface area contributed by atoms with Crippen molar-refractivity contribution in [3.05, 3.63) is 46.6 Å². The van der Waals surface area contributed by atoms with Gasteiger partial charge in [-0.3, -0.25) is 0 Å². The van der Waals surface area contributed by atoms with Gasteiger partial charge in [0.15, 0.2) is 0 Å². The molecule has 1 aromatic heterocycles. The van der Waals surface area contributed by atoms with Crippen LogP contribution in [0.25, 0.3) is 0 Å². The summed E-state index contributed by atoms with van der Waals surface area (Å²) in [7, 11) is 0. The summed E-state index contributed by atoms with van der Waals surface area (Å²) in [5, 5.41) is 18.1. The number of hydrogen-bond acceptors (Lipinski definition) is 4. The molecule has 0 aliphatic carbocycles. The zero-order valence-electron chi connectivity index (χ0n) is 10.6. The van der Waals surface area contributed by atoms with Crippen LogP contribution in [0.1, 0.15) is 22.4 Å². The van der Waals surface area contributed by atoms with Gasteiger partial charge in [-0.15, -0.1) is 5.10 Å². The zero-order valence-corrected chi connectivity index (χ0v) is 11.4. The van der Waals surface area contributed by atoms with Gasteiger partial charge in [0.25, 0.3) is 0 Å². The van der Waals surface area contributed by atoms with Gasteiger partial charge in [-0.1, -0.05) is 29.5 Å². The molecule has 4 heteroatoms. The number of aryl methyl sites for hydroxylation is 2. The monoisotopic (exact) mass is 255 g/mol. The highest BCUT2D eigenvalue weighted by Crippen LogP contribution is 2.29. The van der Waals surface area contributed by atoms with Gasteiger partial charge >= 0.3 is 0 Å². The normalized spacial score (nSPS) is 10.1. The highest BCUT2D eigenvalue weighted by Gasteiger charge is 2.11. The predicted octanol–water partition coefficient (Wildman–Crippen LogP) is 3.42. The van der Waals surface area contributed by atoms with Crippen molar-refractivity contribution in [2.24, 2.45) is 0 Å². The van der Waals surface area contributed by atoms with Crippen molar-refractivity contribution >= 4 is 11.8 Å². The van der Waals surface area contributed by atoms with Crippen LogP contribution in [0.2, 0.25) is 0 Å². The molecule has 1 heterocycles. The Kier molecular flexibility index (Phi) is 3.63. The first kappa shape index (κ1) is 12.6. The Hall–Kier alpha value is -1.86.